The van der Waals surface area contributed by atoms with Crippen LogP contribution in [0.25, 0.3) is 0 Å². The van der Waals surface area contributed by atoms with Crippen molar-refractivity contribution in [1.29, 1.82) is 0 Å². The standard InChI is InChI=1S/C9H18O5.2CH4/c1-2-14-6-3-5(4-10)7(11)9(13)8(6)12;;/h5-13H,2-4H2,1H3;2*1H4/t5?,6-,7-,8?,9+;;/m1../s1. The minimum Gasteiger partial charge on any atom is -0.396 e. The van der Waals surface area contributed by atoms with Crippen LogP contribution in [-0.2, 0) is 4.74 Å². The van der Waals surface area contributed by atoms with Gasteiger partial charge in [0.1, 0.15) is 12.2 Å². The third-order valence-electron chi connectivity index (χ3n) is 2.71. The number of hydrogen-bond donors (Lipinski definition) is 4. The molecule has 1 fully saturated rings. The zero-order chi connectivity index (χ0) is 10.7. The summed E-state index contributed by atoms with van der Waals surface area (Å²) in [6, 6.07) is 0. The molecule has 1 aliphatic rings. The van der Waals surface area contributed by atoms with Gasteiger partial charge in [-0.05, 0) is 13.3 Å². The second-order valence-electron chi connectivity index (χ2n) is 3.64. The van der Waals surface area contributed by atoms with Crippen molar-refractivity contribution in [2.75, 3.05) is 13.2 Å². The lowest BCUT2D eigenvalue weighted by Gasteiger charge is -2.39. The topological polar surface area (TPSA) is 90.2 Å². The summed E-state index contributed by atoms with van der Waals surface area (Å²) >= 11 is 0. The van der Waals surface area contributed by atoms with E-state index in [0.717, 1.165) is 0 Å². The first-order valence-corrected chi connectivity index (χ1v) is 4.88. The average molecular weight is 238 g/mol. The molecule has 1 rings (SSSR count). The van der Waals surface area contributed by atoms with Crippen LogP contribution in [0, 0.1) is 5.92 Å². The van der Waals surface area contributed by atoms with Gasteiger partial charge in [-0.25, -0.2) is 0 Å². The molecule has 0 aromatic carbocycles. The molecule has 0 amide bonds. The summed E-state index contributed by atoms with van der Waals surface area (Å²) in [6.07, 6.45) is -3.53. The molecular weight excluding hydrogens is 212 g/mol. The maximum Gasteiger partial charge on any atom is 0.109 e. The van der Waals surface area contributed by atoms with Crippen LogP contribution in [0.1, 0.15) is 28.2 Å². The monoisotopic (exact) mass is 238 g/mol. The molecule has 0 aromatic rings. The summed E-state index contributed by atoms with van der Waals surface area (Å²) in [4.78, 5) is 0. The van der Waals surface area contributed by atoms with E-state index in [0.29, 0.717) is 13.0 Å². The maximum atomic E-state index is 9.54. The van der Waals surface area contributed by atoms with Crippen LogP contribution in [0.5, 0.6) is 0 Å². The van der Waals surface area contributed by atoms with Crippen molar-refractivity contribution in [3.63, 3.8) is 0 Å². The van der Waals surface area contributed by atoms with Gasteiger partial charge in [0, 0.05) is 19.1 Å². The fraction of sp³-hybridized carbons (Fsp3) is 1.00. The van der Waals surface area contributed by atoms with Gasteiger partial charge >= 0.3 is 0 Å². The van der Waals surface area contributed by atoms with Gasteiger partial charge < -0.3 is 25.2 Å². The molecule has 0 spiro atoms. The molecule has 1 aliphatic carbocycles. The van der Waals surface area contributed by atoms with E-state index in [9.17, 15) is 15.3 Å². The van der Waals surface area contributed by atoms with Crippen molar-refractivity contribution in [2.24, 2.45) is 5.92 Å². The molecule has 16 heavy (non-hydrogen) atoms. The van der Waals surface area contributed by atoms with E-state index in [2.05, 4.69) is 0 Å². The van der Waals surface area contributed by atoms with Crippen LogP contribution < -0.4 is 0 Å². The summed E-state index contributed by atoms with van der Waals surface area (Å²) < 4.78 is 5.21. The highest BCUT2D eigenvalue weighted by Gasteiger charge is 2.42. The number of hydrogen-bond acceptors (Lipinski definition) is 5. The van der Waals surface area contributed by atoms with E-state index in [1.54, 1.807) is 6.92 Å². The minimum atomic E-state index is -1.24. The lowest BCUT2D eigenvalue weighted by atomic mass is 9.81. The van der Waals surface area contributed by atoms with Crippen LogP contribution in [0.2, 0.25) is 0 Å². The highest BCUT2D eigenvalue weighted by Crippen LogP contribution is 2.27. The van der Waals surface area contributed by atoms with Gasteiger partial charge in [-0.3, -0.25) is 0 Å². The largest absolute Gasteiger partial charge is 0.396 e. The molecule has 0 aliphatic heterocycles. The fourth-order valence-electron chi connectivity index (χ4n) is 1.84. The Hall–Kier alpha value is -0.200. The van der Waals surface area contributed by atoms with Crippen molar-refractivity contribution in [1.82, 2.24) is 0 Å². The first kappa shape index (κ1) is 18.2. The third kappa shape index (κ3) is 3.68. The van der Waals surface area contributed by atoms with Crippen LogP contribution in [0.15, 0.2) is 0 Å². The third-order valence-corrected chi connectivity index (χ3v) is 2.71. The number of aliphatic hydroxyl groups excluding tert-OH is 4. The predicted molar refractivity (Wildman–Crippen MR) is 62.1 cm³/mol. The quantitative estimate of drug-likeness (QED) is 0.545. The van der Waals surface area contributed by atoms with E-state index in [4.69, 9.17) is 9.84 Å². The molecule has 100 valence electrons. The number of rotatable bonds is 3. The van der Waals surface area contributed by atoms with Crippen molar-refractivity contribution >= 4 is 0 Å². The Balaban J connectivity index is 0. The van der Waals surface area contributed by atoms with Crippen molar-refractivity contribution in [3.8, 4) is 0 Å². The lowest BCUT2D eigenvalue weighted by Crippen LogP contribution is -2.55. The lowest BCUT2D eigenvalue weighted by molar-refractivity contribution is -0.176. The molecule has 2 unspecified atom stereocenters. The first-order valence-electron chi connectivity index (χ1n) is 4.88. The van der Waals surface area contributed by atoms with Gasteiger partial charge in [0.05, 0.1) is 12.2 Å². The Bertz CT molecular complexity index is 172. The van der Waals surface area contributed by atoms with E-state index in [1.807, 2.05) is 0 Å². The molecule has 5 atom stereocenters. The van der Waals surface area contributed by atoms with Gasteiger partial charge in [-0.1, -0.05) is 14.9 Å². The summed E-state index contributed by atoms with van der Waals surface area (Å²) in [7, 11) is 0. The van der Waals surface area contributed by atoms with E-state index in [1.165, 1.54) is 0 Å². The van der Waals surface area contributed by atoms with Crippen LogP contribution >= 0.6 is 0 Å². The van der Waals surface area contributed by atoms with E-state index >= 15 is 0 Å². The summed E-state index contributed by atoms with van der Waals surface area (Å²) in [6.45, 7) is 2.01. The second-order valence-corrected chi connectivity index (χ2v) is 3.64. The summed E-state index contributed by atoms with van der Waals surface area (Å²) in [5.74, 6) is -0.426. The zero-order valence-electron chi connectivity index (χ0n) is 8.21. The van der Waals surface area contributed by atoms with Gasteiger partial charge in [-0.15, -0.1) is 0 Å². The number of aliphatic hydroxyl groups is 4. The molecule has 0 radical (unpaired) electrons. The maximum absolute atomic E-state index is 9.54. The molecule has 5 heteroatoms. The molecule has 0 bridgehead atoms. The fourth-order valence-corrected chi connectivity index (χ4v) is 1.84. The smallest absolute Gasteiger partial charge is 0.109 e. The highest BCUT2D eigenvalue weighted by atomic mass is 16.5. The highest BCUT2D eigenvalue weighted by molar-refractivity contribution is 4.92. The molecule has 1 saturated carbocycles. The van der Waals surface area contributed by atoms with Crippen LogP contribution in [0.4, 0.5) is 0 Å². The van der Waals surface area contributed by atoms with Gasteiger partial charge in [0.25, 0.3) is 0 Å². The molecule has 4 N–H and O–H groups in total. The Labute approximate surface area is 97.7 Å². The zero-order valence-corrected chi connectivity index (χ0v) is 8.21. The molecular formula is C11H26O5. The van der Waals surface area contributed by atoms with Crippen molar-refractivity contribution in [2.45, 2.75) is 52.6 Å². The van der Waals surface area contributed by atoms with Crippen molar-refractivity contribution in [3.05, 3.63) is 0 Å². The second kappa shape index (κ2) is 7.97. The molecule has 0 saturated heterocycles. The van der Waals surface area contributed by atoms with Crippen LogP contribution in [-0.4, -0.2) is 58.1 Å². The van der Waals surface area contributed by atoms with E-state index < -0.39 is 30.3 Å². The molecule has 5 nitrogen and oxygen atoms in total. The predicted octanol–water partition coefficient (Wildman–Crippen LogP) is -0.241. The minimum absolute atomic E-state index is 0. The Morgan fingerprint density at radius 3 is 2.06 bits per heavy atom. The number of ether oxygens (including phenoxy) is 1. The Kier molecular flexibility index (Phi) is 9.06. The molecule has 0 heterocycles. The average Bonchev–Trinajstić information content (AvgIpc) is 2.19. The van der Waals surface area contributed by atoms with Gasteiger partial charge in [0.2, 0.25) is 0 Å². The van der Waals surface area contributed by atoms with Gasteiger partial charge in [-0.2, -0.15) is 0 Å². The molecule has 0 aromatic heterocycles. The van der Waals surface area contributed by atoms with Gasteiger partial charge in [0.15, 0.2) is 0 Å². The SMILES string of the molecule is C.C.CCO[C@@H]1CC(CO)[C@@H](O)[C@H](O)C1O. The van der Waals surface area contributed by atoms with E-state index in [-0.39, 0.29) is 21.5 Å². The Morgan fingerprint density at radius 2 is 1.62 bits per heavy atom. The normalized spacial score (nSPS) is 38.4. The van der Waals surface area contributed by atoms with Crippen molar-refractivity contribution < 1.29 is 25.2 Å². The summed E-state index contributed by atoms with van der Waals surface area (Å²) in [5.41, 5.74) is 0. The summed E-state index contributed by atoms with van der Waals surface area (Å²) in [5, 5.41) is 37.4. The van der Waals surface area contributed by atoms with Crippen LogP contribution in [0.3, 0.4) is 0 Å². The Morgan fingerprint density at radius 1 is 1.06 bits per heavy atom. The first-order chi connectivity index (χ1) is 6.61.